The molecule has 0 aliphatic carbocycles. The van der Waals surface area contributed by atoms with Gasteiger partial charge in [0, 0.05) is 12.4 Å². The first-order chi connectivity index (χ1) is 9.85. The molecule has 1 N–H and O–H groups in total. The summed E-state index contributed by atoms with van der Waals surface area (Å²) in [7, 11) is 0. The van der Waals surface area contributed by atoms with Gasteiger partial charge in [-0.05, 0) is 43.7 Å². The minimum Gasteiger partial charge on any atom is -0.494 e. The Balaban J connectivity index is 2.22. The molecule has 1 atom stereocenters. The summed E-state index contributed by atoms with van der Waals surface area (Å²) in [4.78, 5) is 8.72. The number of nitrogens with zero attached hydrogens (tertiary/aromatic N) is 2. The van der Waals surface area contributed by atoms with Crippen molar-refractivity contribution in [2.24, 2.45) is 0 Å². The van der Waals surface area contributed by atoms with Gasteiger partial charge in [-0.25, -0.2) is 9.97 Å². The highest BCUT2D eigenvalue weighted by atomic mass is 16.5. The monoisotopic (exact) mass is 271 g/mol. The molecule has 1 aromatic carbocycles. The fourth-order valence-corrected chi connectivity index (χ4v) is 2.03. The van der Waals surface area contributed by atoms with Crippen molar-refractivity contribution in [1.29, 1.82) is 0 Å². The van der Waals surface area contributed by atoms with Crippen LogP contribution in [-0.2, 0) is 0 Å². The number of benzene rings is 1. The lowest BCUT2D eigenvalue weighted by Gasteiger charge is -2.17. The van der Waals surface area contributed by atoms with E-state index in [1.165, 1.54) is 0 Å². The molecule has 2 aromatic rings. The van der Waals surface area contributed by atoms with Crippen LogP contribution in [0.3, 0.4) is 0 Å². The first-order valence-electron chi connectivity index (χ1n) is 7.08. The van der Waals surface area contributed by atoms with Crippen molar-refractivity contribution in [2.45, 2.75) is 26.3 Å². The number of nitrogens with one attached hydrogen (secondary N) is 1. The lowest BCUT2D eigenvalue weighted by atomic mass is 10.1. The van der Waals surface area contributed by atoms with Crippen LogP contribution in [0.5, 0.6) is 5.75 Å². The maximum atomic E-state index is 5.48. The molecule has 0 saturated carbocycles. The van der Waals surface area contributed by atoms with Gasteiger partial charge < -0.3 is 10.1 Å². The first-order valence-corrected chi connectivity index (χ1v) is 7.08. The molecule has 0 radical (unpaired) electrons. The Morgan fingerprint density at radius 1 is 1.10 bits per heavy atom. The SMILES string of the molecule is CCCNC(c1ccc(OCC)cc1)c1ncccn1. The smallest absolute Gasteiger partial charge is 0.149 e. The second-order valence-electron chi connectivity index (χ2n) is 4.50. The van der Waals surface area contributed by atoms with Crippen molar-refractivity contribution in [3.05, 3.63) is 54.1 Å². The molecule has 0 spiro atoms. The van der Waals surface area contributed by atoms with E-state index in [0.717, 1.165) is 30.1 Å². The summed E-state index contributed by atoms with van der Waals surface area (Å²) in [5.74, 6) is 1.68. The average molecular weight is 271 g/mol. The Morgan fingerprint density at radius 2 is 1.80 bits per heavy atom. The van der Waals surface area contributed by atoms with Crippen LogP contribution < -0.4 is 10.1 Å². The van der Waals surface area contributed by atoms with Crippen LogP contribution in [0.2, 0.25) is 0 Å². The summed E-state index contributed by atoms with van der Waals surface area (Å²) >= 11 is 0. The van der Waals surface area contributed by atoms with Gasteiger partial charge in [0.15, 0.2) is 0 Å². The molecule has 0 aliphatic rings. The number of aromatic nitrogens is 2. The lowest BCUT2D eigenvalue weighted by Crippen LogP contribution is -2.24. The summed E-state index contributed by atoms with van der Waals surface area (Å²) in [5.41, 5.74) is 1.15. The van der Waals surface area contributed by atoms with Crippen molar-refractivity contribution in [1.82, 2.24) is 15.3 Å². The van der Waals surface area contributed by atoms with Gasteiger partial charge in [0.25, 0.3) is 0 Å². The minimum atomic E-state index is 0.0202. The topological polar surface area (TPSA) is 47.0 Å². The minimum absolute atomic E-state index is 0.0202. The first kappa shape index (κ1) is 14.5. The molecule has 4 nitrogen and oxygen atoms in total. The fourth-order valence-electron chi connectivity index (χ4n) is 2.03. The van der Waals surface area contributed by atoms with Gasteiger partial charge in [-0.3, -0.25) is 0 Å². The van der Waals surface area contributed by atoms with Crippen LogP contribution in [0.25, 0.3) is 0 Å². The molecular formula is C16H21N3O. The van der Waals surface area contributed by atoms with E-state index in [2.05, 4.69) is 34.3 Å². The zero-order valence-corrected chi connectivity index (χ0v) is 12.0. The van der Waals surface area contributed by atoms with E-state index in [4.69, 9.17) is 4.74 Å². The van der Waals surface area contributed by atoms with E-state index < -0.39 is 0 Å². The summed E-state index contributed by atoms with van der Waals surface area (Å²) in [6.07, 6.45) is 4.62. The molecule has 1 heterocycles. The maximum absolute atomic E-state index is 5.48. The van der Waals surface area contributed by atoms with Crippen LogP contribution in [-0.4, -0.2) is 23.1 Å². The highest BCUT2D eigenvalue weighted by molar-refractivity contribution is 5.31. The van der Waals surface area contributed by atoms with Crippen LogP contribution >= 0.6 is 0 Å². The predicted octanol–water partition coefficient (Wildman–Crippen LogP) is 2.96. The summed E-state index contributed by atoms with van der Waals surface area (Å²) < 4.78 is 5.48. The van der Waals surface area contributed by atoms with E-state index >= 15 is 0 Å². The van der Waals surface area contributed by atoms with Gasteiger partial charge in [-0.15, -0.1) is 0 Å². The van der Waals surface area contributed by atoms with E-state index in [-0.39, 0.29) is 6.04 Å². The standard InChI is InChI=1S/C16H21N3O/c1-3-10-17-15(16-18-11-5-12-19-16)13-6-8-14(9-7-13)20-4-2/h5-9,11-12,15,17H,3-4,10H2,1-2H3. The normalized spacial score (nSPS) is 12.1. The highest BCUT2D eigenvalue weighted by Gasteiger charge is 2.15. The van der Waals surface area contributed by atoms with Crippen molar-refractivity contribution < 1.29 is 4.74 Å². The van der Waals surface area contributed by atoms with Gasteiger partial charge in [0.05, 0.1) is 12.6 Å². The molecular weight excluding hydrogens is 250 g/mol. The lowest BCUT2D eigenvalue weighted by molar-refractivity contribution is 0.340. The Kier molecular flexibility index (Phi) is 5.50. The Hall–Kier alpha value is -1.94. The van der Waals surface area contributed by atoms with Crippen LogP contribution in [0.4, 0.5) is 0 Å². The predicted molar refractivity (Wildman–Crippen MR) is 79.8 cm³/mol. The Bertz CT molecular complexity index is 499. The molecule has 1 unspecified atom stereocenters. The number of rotatable bonds is 7. The molecule has 2 rings (SSSR count). The van der Waals surface area contributed by atoms with Gasteiger partial charge in [0.1, 0.15) is 11.6 Å². The van der Waals surface area contributed by atoms with Crippen molar-refractivity contribution in [3.63, 3.8) is 0 Å². The molecule has 0 aliphatic heterocycles. The second kappa shape index (κ2) is 7.60. The van der Waals surface area contributed by atoms with E-state index in [1.54, 1.807) is 12.4 Å². The van der Waals surface area contributed by atoms with Gasteiger partial charge >= 0.3 is 0 Å². The molecule has 0 amide bonds. The zero-order chi connectivity index (χ0) is 14.2. The third-order valence-corrected chi connectivity index (χ3v) is 2.97. The average Bonchev–Trinajstić information content (AvgIpc) is 2.51. The Morgan fingerprint density at radius 3 is 2.40 bits per heavy atom. The molecule has 106 valence electrons. The summed E-state index contributed by atoms with van der Waals surface area (Å²) in [6, 6.07) is 9.96. The molecule has 0 saturated heterocycles. The van der Waals surface area contributed by atoms with Crippen LogP contribution in [0.1, 0.15) is 37.7 Å². The molecule has 0 fully saturated rings. The van der Waals surface area contributed by atoms with Crippen molar-refractivity contribution in [2.75, 3.05) is 13.2 Å². The fraction of sp³-hybridized carbons (Fsp3) is 0.375. The number of ether oxygens (including phenoxy) is 1. The van der Waals surface area contributed by atoms with Crippen molar-refractivity contribution in [3.8, 4) is 5.75 Å². The molecule has 4 heteroatoms. The van der Waals surface area contributed by atoms with E-state index in [0.29, 0.717) is 6.61 Å². The molecule has 20 heavy (non-hydrogen) atoms. The van der Waals surface area contributed by atoms with Crippen LogP contribution in [0.15, 0.2) is 42.7 Å². The van der Waals surface area contributed by atoms with Crippen molar-refractivity contribution >= 4 is 0 Å². The second-order valence-corrected chi connectivity index (χ2v) is 4.50. The van der Waals surface area contributed by atoms with Crippen LogP contribution in [0, 0.1) is 0 Å². The largest absolute Gasteiger partial charge is 0.494 e. The van der Waals surface area contributed by atoms with Gasteiger partial charge in [0.2, 0.25) is 0 Å². The summed E-state index contributed by atoms with van der Waals surface area (Å²) in [6.45, 7) is 5.74. The zero-order valence-electron chi connectivity index (χ0n) is 12.0. The summed E-state index contributed by atoms with van der Waals surface area (Å²) in [5, 5.41) is 3.49. The third-order valence-electron chi connectivity index (χ3n) is 2.97. The van der Waals surface area contributed by atoms with Gasteiger partial charge in [-0.1, -0.05) is 19.1 Å². The molecule has 0 bridgehead atoms. The van der Waals surface area contributed by atoms with Gasteiger partial charge in [-0.2, -0.15) is 0 Å². The van der Waals surface area contributed by atoms with E-state index in [9.17, 15) is 0 Å². The maximum Gasteiger partial charge on any atom is 0.149 e. The van der Waals surface area contributed by atoms with E-state index in [1.807, 2.05) is 25.1 Å². The number of hydrogen-bond acceptors (Lipinski definition) is 4. The number of hydrogen-bond donors (Lipinski definition) is 1. The quantitative estimate of drug-likeness (QED) is 0.841. The third kappa shape index (κ3) is 3.78. The highest BCUT2D eigenvalue weighted by Crippen LogP contribution is 2.21. The molecule has 1 aromatic heterocycles. The Labute approximate surface area is 120 Å².